The smallest absolute Gasteiger partial charge is 0.0645 e. The van der Waals surface area contributed by atoms with E-state index >= 15 is 0 Å². The van der Waals surface area contributed by atoms with Crippen molar-refractivity contribution in [3.05, 3.63) is 29.6 Å². The summed E-state index contributed by atoms with van der Waals surface area (Å²) >= 11 is 0. The predicted octanol–water partition coefficient (Wildman–Crippen LogP) is 4.98. The first-order chi connectivity index (χ1) is 12.1. The summed E-state index contributed by atoms with van der Waals surface area (Å²) in [7, 11) is 0. The number of pyridine rings is 1. The van der Waals surface area contributed by atoms with Crippen molar-refractivity contribution >= 4 is 0 Å². The van der Waals surface area contributed by atoms with E-state index in [4.69, 9.17) is 9.72 Å². The third-order valence-electron chi connectivity index (χ3n) is 6.97. The van der Waals surface area contributed by atoms with E-state index in [2.05, 4.69) is 78.6 Å². The fourth-order valence-corrected chi connectivity index (χ4v) is 3.80. The van der Waals surface area contributed by atoms with Crippen molar-refractivity contribution in [2.75, 3.05) is 19.8 Å². The highest BCUT2D eigenvalue weighted by Gasteiger charge is 2.38. The van der Waals surface area contributed by atoms with E-state index in [0.29, 0.717) is 23.3 Å². The molecule has 0 spiro atoms. The first-order valence-corrected chi connectivity index (χ1v) is 10.4. The van der Waals surface area contributed by atoms with Crippen LogP contribution in [0, 0.1) is 17.3 Å². The van der Waals surface area contributed by atoms with Crippen LogP contribution in [0.25, 0.3) is 0 Å². The monoisotopic (exact) mass is 360 g/mol. The molecule has 0 saturated carbocycles. The summed E-state index contributed by atoms with van der Waals surface area (Å²) in [6.07, 6.45) is 4.20. The predicted molar refractivity (Wildman–Crippen MR) is 110 cm³/mol. The second-order valence-electron chi connectivity index (χ2n) is 9.71. The van der Waals surface area contributed by atoms with Crippen LogP contribution in [0.1, 0.15) is 66.6 Å². The molecule has 3 nitrogen and oxygen atoms in total. The maximum absolute atomic E-state index is 5.43. The van der Waals surface area contributed by atoms with Crippen LogP contribution in [-0.4, -0.2) is 41.2 Å². The molecule has 0 radical (unpaired) electrons. The Morgan fingerprint density at radius 1 is 1.15 bits per heavy atom. The van der Waals surface area contributed by atoms with Crippen molar-refractivity contribution in [2.24, 2.45) is 17.3 Å². The Labute approximate surface area is 161 Å². The van der Waals surface area contributed by atoms with Gasteiger partial charge in [-0.05, 0) is 62.1 Å². The van der Waals surface area contributed by atoms with Gasteiger partial charge in [-0.25, -0.2) is 0 Å². The Morgan fingerprint density at radius 3 is 2.23 bits per heavy atom. The van der Waals surface area contributed by atoms with E-state index in [1.54, 1.807) is 0 Å². The van der Waals surface area contributed by atoms with Gasteiger partial charge in [0.05, 0.1) is 19.3 Å². The van der Waals surface area contributed by atoms with Crippen LogP contribution in [-0.2, 0) is 17.6 Å². The molecule has 0 aromatic carbocycles. The van der Waals surface area contributed by atoms with Gasteiger partial charge in [-0.15, -0.1) is 0 Å². The second kappa shape index (κ2) is 8.39. The van der Waals surface area contributed by atoms with Crippen molar-refractivity contribution in [2.45, 2.75) is 79.8 Å². The van der Waals surface area contributed by atoms with Gasteiger partial charge in [0, 0.05) is 17.4 Å². The maximum atomic E-state index is 5.43. The first kappa shape index (κ1) is 21.4. The zero-order valence-corrected chi connectivity index (χ0v) is 18.3. The first-order valence-electron chi connectivity index (χ1n) is 10.4. The lowest BCUT2D eigenvalue weighted by atomic mass is 9.76. The molecule has 2 rings (SSSR count). The number of hydrogen-bond acceptors (Lipinski definition) is 3. The quantitative estimate of drug-likeness (QED) is 0.621. The number of rotatable bonds is 9. The van der Waals surface area contributed by atoms with Crippen LogP contribution in [0.3, 0.4) is 0 Å². The third kappa shape index (κ3) is 4.86. The van der Waals surface area contributed by atoms with E-state index in [-0.39, 0.29) is 5.54 Å². The van der Waals surface area contributed by atoms with Gasteiger partial charge in [-0.1, -0.05) is 47.6 Å². The molecule has 1 aromatic rings. The van der Waals surface area contributed by atoms with Crippen LogP contribution < -0.4 is 0 Å². The molecular formula is C23H40N2O. The lowest BCUT2D eigenvalue weighted by Gasteiger charge is -2.49. The van der Waals surface area contributed by atoms with Crippen LogP contribution in [0.2, 0.25) is 0 Å². The van der Waals surface area contributed by atoms with Crippen molar-refractivity contribution in [3.8, 4) is 0 Å². The SMILES string of the molecule is CCN(C1COC1)C(C)(C)C(C)Cc1ccc(CC(C)(C)C(C)C)cn1. The maximum Gasteiger partial charge on any atom is 0.0645 e. The van der Waals surface area contributed by atoms with Crippen molar-refractivity contribution < 1.29 is 4.74 Å². The topological polar surface area (TPSA) is 25.4 Å². The second-order valence-corrected chi connectivity index (χ2v) is 9.71. The molecule has 1 aliphatic rings. The zero-order valence-electron chi connectivity index (χ0n) is 18.3. The van der Waals surface area contributed by atoms with E-state index < -0.39 is 0 Å². The van der Waals surface area contributed by atoms with Crippen LogP contribution in [0.15, 0.2) is 18.3 Å². The molecule has 0 aliphatic carbocycles. The standard InChI is InChI=1S/C23H40N2O/c1-9-25(21-15-26-16-21)23(7,8)18(4)12-20-11-10-19(14-24-20)13-22(5,6)17(2)3/h10-11,14,17-18,21H,9,12-13,15-16H2,1-8H3. The summed E-state index contributed by atoms with van der Waals surface area (Å²) in [5.74, 6) is 1.20. The summed E-state index contributed by atoms with van der Waals surface area (Å²) in [5.41, 5.74) is 3.01. The minimum absolute atomic E-state index is 0.142. The molecule has 0 bridgehead atoms. The van der Waals surface area contributed by atoms with Crippen LogP contribution in [0.4, 0.5) is 0 Å². The highest BCUT2D eigenvalue weighted by molar-refractivity contribution is 5.16. The van der Waals surface area contributed by atoms with Gasteiger partial charge in [-0.3, -0.25) is 9.88 Å². The highest BCUT2D eigenvalue weighted by Crippen LogP contribution is 2.32. The van der Waals surface area contributed by atoms with Crippen molar-refractivity contribution in [1.29, 1.82) is 0 Å². The van der Waals surface area contributed by atoms with Crippen molar-refractivity contribution in [3.63, 3.8) is 0 Å². The minimum atomic E-state index is 0.142. The van der Waals surface area contributed by atoms with E-state index in [0.717, 1.165) is 32.6 Å². The van der Waals surface area contributed by atoms with Crippen LogP contribution >= 0.6 is 0 Å². The van der Waals surface area contributed by atoms with Gasteiger partial charge in [0.25, 0.3) is 0 Å². The number of nitrogens with zero attached hydrogens (tertiary/aromatic N) is 2. The molecule has 3 heteroatoms. The highest BCUT2D eigenvalue weighted by atomic mass is 16.5. The lowest BCUT2D eigenvalue weighted by Crippen LogP contribution is -2.60. The molecular weight excluding hydrogens is 320 g/mol. The van der Waals surface area contributed by atoms with Gasteiger partial charge < -0.3 is 4.74 Å². The average molecular weight is 361 g/mol. The normalized spacial score (nSPS) is 17.6. The summed E-state index contributed by atoms with van der Waals surface area (Å²) in [5, 5.41) is 0. The van der Waals surface area contributed by atoms with Gasteiger partial charge >= 0.3 is 0 Å². The fourth-order valence-electron chi connectivity index (χ4n) is 3.80. The lowest BCUT2D eigenvalue weighted by molar-refractivity contribution is -0.106. The molecule has 1 aromatic heterocycles. The third-order valence-corrected chi connectivity index (χ3v) is 6.97. The van der Waals surface area contributed by atoms with E-state index in [9.17, 15) is 0 Å². The Morgan fingerprint density at radius 2 is 1.81 bits per heavy atom. The molecule has 1 saturated heterocycles. The molecule has 1 atom stereocenters. The molecule has 0 N–H and O–H groups in total. The number of likely N-dealkylation sites (N-methyl/N-ethyl adjacent to an activating group) is 1. The van der Waals surface area contributed by atoms with E-state index in [1.165, 1.54) is 11.3 Å². The van der Waals surface area contributed by atoms with Gasteiger partial charge in [-0.2, -0.15) is 0 Å². The summed E-state index contributed by atoms with van der Waals surface area (Å²) in [6.45, 7) is 21.5. The molecule has 1 unspecified atom stereocenters. The zero-order chi connectivity index (χ0) is 19.5. The van der Waals surface area contributed by atoms with E-state index in [1.807, 2.05) is 0 Å². The summed E-state index contributed by atoms with van der Waals surface area (Å²) in [6, 6.07) is 5.09. The average Bonchev–Trinajstić information content (AvgIpc) is 2.51. The number of hydrogen-bond donors (Lipinski definition) is 0. The van der Waals surface area contributed by atoms with Gasteiger partial charge in [0.2, 0.25) is 0 Å². The molecule has 0 amide bonds. The molecule has 1 fully saturated rings. The molecule has 26 heavy (non-hydrogen) atoms. The largest absolute Gasteiger partial charge is 0.378 e. The molecule has 148 valence electrons. The Bertz CT molecular complexity index is 558. The summed E-state index contributed by atoms with van der Waals surface area (Å²) in [4.78, 5) is 7.41. The minimum Gasteiger partial charge on any atom is -0.378 e. The van der Waals surface area contributed by atoms with Crippen molar-refractivity contribution in [1.82, 2.24) is 9.88 Å². The number of aromatic nitrogens is 1. The molecule has 1 aliphatic heterocycles. The number of ether oxygens (including phenoxy) is 1. The van der Waals surface area contributed by atoms with Gasteiger partial charge in [0.1, 0.15) is 0 Å². The van der Waals surface area contributed by atoms with Gasteiger partial charge in [0.15, 0.2) is 0 Å². The molecule has 2 heterocycles. The Balaban J connectivity index is 2.01. The Kier molecular flexibility index (Phi) is 6.90. The summed E-state index contributed by atoms with van der Waals surface area (Å²) < 4.78 is 5.43. The Hall–Kier alpha value is -0.930. The van der Waals surface area contributed by atoms with Crippen LogP contribution in [0.5, 0.6) is 0 Å². The fraction of sp³-hybridized carbons (Fsp3) is 0.783.